The average Bonchev–Trinajstić information content (AvgIpc) is 2.10. The SMILES string of the molecule is CC1CC(CN)C(=O)N1. The number of hydrogen-bond donors (Lipinski definition) is 2. The Kier molecular flexibility index (Phi) is 1.71. The molecule has 2 unspecified atom stereocenters. The van der Waals surface area contributed by atoms with E-state index in [1.54, 1.807) is 0 Å². The lowest BCUT2D eigenvalue weighted by atomic mass is 10.1. The molecule has 2 atom stereocenters. The summed E-state index contributed by atoms with van der Waals surface area (Å²) < 4.78 is 0. The maximum atomic E-state index is 10.8. The molecule has 0 spiro atoms. The highest BCUT2D eigenvalue weighted by atomic mass is 16.2. The van der Waals surface area contributed by atoms with Gasteiger partial charge in [-0.3, -0.25) is 4.79 Å². The van der Waals surface area contributed by atoms with Gasteiger partial charge in [-0.2, -0.15) is 0 Å². The molecule has 0 aromatic heterocycles. The van der Waals surface area contributed by atoms with Crippen LogP contribution in [-0.2, 0) is 4.79 Å². The van der Waals surface area contributed by atoms with Gasteiger partial charge in [-0.05, 0) is 13.3 Å². The van der Waals surface area contributed by atoms with Crippen molar-refractivity contribution in [3.05, 3.63) is 0 Å². The molecule has 1 amide bonds. The number of nitrogens with one attached hydrogen (secondary N) is 1. The summed E-state index contributed by atoms with van der Waals surface area (Å²) in [5.74, 6) is 0.185. The number of hydrogen-bond acceptors (Lipinski definition) is 2. The van der Waals surface area contributed by atoms with Crippen LogP contribution >= 0.6 is 0 Å². The monoisotopic (exact) mass is 128 g/mol. The molecule has 1 heterocycles. The van der Waals surface area contributed by atoms with Crippen molar-refractivity contribution in [2.45, 2.75) is 19.4 Å². The quantitative estimate of drug-likeness (QED) is 0.498. The molecular weight excluding hydrogens is 116 g/mol. The molecule has 1 aliphatic heterocycles. The van der Waals surface area contributed by atoms with E-state index in [4.69, 9.17) is 5.73 Å². The van der Waals surface area contributed by atoms with Gasteiger partial charge < -0.3 is 11.1 Å². The molecule has 1 rings (SSSR count). The molecule has 3 N–H and O–H groups in total. The molecule has 0 saturated carbocycles. The van der Waals surface area contributed by atoms with Crippen molar-refractivity contribution in [2.24, 2.45) is 11.7 Å². The van der Waals surface area contributed by atoms with Gasteiger partial charge in [0.2, 0.25) is 5.91 Å². The van der Waals surface area contributed by atoms with E-state index >= 15 is 0 Å². The van der Waals surface area contributed by atoms with Gasteiger partial charge >= 0.3 is 0 Å². The minimum Gasteiger partial charge on any atom is -0.353 e. The summed E-state index contributed by atoms with van der Waals surface area (Å²) in [5.41, 5.74) is 5.33. The molecule has 0 aromatic carbocycles. The second-order valence-corrected chi connectivity index (χ2v) is 2.58. The fourth-order valence-electron chi connectivity index (χ4n) is 1.16. The van der Waals surface area contributed by atoms with Crippen LogP contribution in [0, 0.1) is 5.92 Å². The summed E-state index contributed by atoms with van der Waals surface area (Å²) in [5, 5.41) is 2.80. The summed E-state index contributed by atoms with van der Waals surface area (Å²) in [6, 6.07) is 0.325. The first-order valence-corrected chi connectivity index (χ1v) is 3.24. The van der Waals surface area contributed by atoms with Crippen molar-refractivity contribution in [1.29, 1.82) is 0 Å². The smallest absolute Gasteiger partial charge is 0.224 e. The van der Waals surface area contributed by atoms with Crippen LogP contribution in [0.1, 0.15) is 13.3 Å². The zero-order valence-corrected chi connectivity index (χ0v) is 5.55. The van der Waals surface area contributed by atoms with E-state index in [0.717, 1.165) is 6.42 Å². The van der Waals surface area contributed by atoms with E-state index in [0.29, 0.717) is 12.6 Å². The van der Waals surface area contributed by atoms with Crippen molar-refractivity contribution in [3.63, 3.8) is 0 Å². The Labute approximate surface area is 54.6 Å². The van der Waals surface area contributed by atoms with E-state index in [-0.39, 0.29) is 11.8 Å². The Morgan fingerprint density at radius 2 is 2.56 bits per heavy atom. The summed E-state index contributed by atoms with van der Waals surface area (Å²) in [4.78, 5) is 10.8. The summed E-state index contributed by atoms with van der Waals surface area (Å²) in [7, 11) is 0. The molecule has 1 aliphatic rings. The van der Waals surface area contributed by atoms with Gasteiger partial charge in [-0.15, -0.1) is 0 Å². The first-order valence-electron chi connectivity index (χ1n) is 3.24. The first kappa shape index (κ1) is 6.55. The van der Waals surface area contributed by atoms with Gasteiger partial charge in [0, 0.05) is 12.6 Å². The molecule has 9 heavy (non-hydrogen) atoms. The summed E-state index contributed by atoms with van der Waals surface area (Å²) in [6.07, 6.45) is 0.898. The molecule has 3 heteroatoms. The zero-order valence-electron chi connectivity index (χ0n) is 5.55. The third-order valence-electron chi connectivity index (χ3n) is 1.68. The topological polar surface area (TPSA) is 55.1 Å². The predicted molar refractivity (Wildman–Crippen MR) is 34.8 cm³/mol. The van der Waals surface area contributed by atoms with Gasteiger partial charge in [0.1, 0.15) is 0 Å². The first-order chi connectivity index (χ1) is 4.24. The second-order valence-electron chi connectivity index (χ2n) is 2.58. The maximum absolute atomic E-state index is 10.8. The Hall–Kier alpha value is -0.570. The largest absolute Gasteiger partial charge is 0.353 e. The van der Waals surface area contributed by atoms with Crippen LogP contribution < -0.4 is 11.1 Å². The molecule has 1 saturated heterocycles. The normalized spacial score (nSPS) is 34.7. The molecule has 0 radical (unpaired) electrons. The number of carbonyl (C=O) groups is 1. The fourth-order valence-corrected chi connectivity index (χ4v) is 1.16. The Balaban J connectivity index is 2.48. The van der Waals surface area contributed by atoms with Gasteiger partial charge in [0.15, 0.2) is 0 Å². The number of rotatable bonds is 1. The summed E-state index contributed by atoms with van der Waals surface area (Å²) in [6.45, 7) is 2.48. The van der Waals surface area contributed by atoms with E-state index in [9.17, 15) is 4.79 Å². The molecular formula is C6H12N2O. The van der Waals surface area contributed by atoms with E-state index in [1.165, 1.54) is 0 Å². The highest BCUT2D eigenvalue weighted by molar-refractivity contribution is 5.81. The van der Waals surface area contributed by atoms with E-state index < -0.39 is 0 Å². The van der Waals surface area contributed by atoms with Gasteiger partial charge in [0.05, 0.1) is 5.92 Å². The lowest BCUT2D eigenvalue weighted by molar-refractivity contribution is -0.122. The van der Waals surface area contributed by atoms with Crippen LogP contribution in [0.25, 0.3) is 0 Å². The van der Waals surface area contributed by atoms with Crippen LogP contribution in [0.4, 0.5) is 0 Å². The number of nitrogens with two attached hydrogens (primary N) is 1. The van der Waals surface area contributed by atoms with Gasteiger partial charge in [0.25, 0.3) is 0 Å². The molecule has 1 fully saturated rings. The Morgan fingerprint density at radius 3 is 2.78 bits per heavy atom. The number of carbonyl (C=O) groups excluding carboxylic acids is 1. The van der Waals surface area contributed by atoms with Crippen LogP contribution in [0.2, 0.25) is 0 Å². The van der Waals surface area contributed by atoms with Crippen LogP contribution in [0.15, 0.2) is 0 Å². The molecule has 52 valence electrons. The lowest BCUT2D eigenvalue weighted by Crippen LogP contribution is -2.26. The van der Waals surface area contributed by atoms with Crippen molar-refractivity contribution in [3.8, 4) is 0 Å². The minimum absolute atomic E-state index is 0.0694. The highest BCUT2D eigenvalue weighted by Crippen LogP contribution is 2.12. The molecule has 0 aromatic rings. The standard InChI is InChI=1S/C6H12N2O/c1-4-2-5(3-7)6(9)8-4/h4-5H,2-3,7H2,1H3,(H,8,9). The lowest BCUT2D eigenvalue weighted by Gasteiger charge is -1.98. The maximum Gasteiger partial charge on any atom is 0.224 e. The van der Waals surface area contributed by atoms with Crippen molar-refractivity contribution < 1.29 is 4.79 Å². The van der Waals surface area contributed by atoms with Gasteiger partial charge in [-0.1, -0.05) is 0 Å². The summed E-state index contributed by atoms with van der Waals surface area (Å²) >= 11 is 0. The van der Waals surface area contributed by atoms with Crippen molar-refractivity contribution in [1.82, 2.24) is 5.32 Å². The van der Waals surface area contributed by atoms with E-state index in [2.05, 4.69) is 5.32 Å². The second kappa shape index (κ2) is 2.35. The third kappa shape index (κ3) is 1.21. The molecule has 0 bridgehead atoms. The Morgan fingerprint density at radius 1 is 1.89 bits per heavy atom. The fraction of sp³-hybridized carbons (Fsp3) is 0.833. The van der Waals surface area contributed by atoms with Crippen LogP contribution in [0.3, 0.4) is 0 Å². The Bertz CT molecular complexity index is 124. The zero-order chi connectivity index (χ0) is 6.85. The third-order valence-corrected chi connectivity index (χ3v) is 1.68. The average molecular weight is 128 g/mol. The van der Waals surface area contributed by atoms with Gasteiger partial charge in [-0.25, -0.2) is 0 Å². The van der Waals surface area contributed by atoms with Crippen molar-refractivity contribution in [2.75, 3.05) is 6.54 Å². The highest BCUT2D eigenvalue weighted by Gasteiger charge is 2.27. The predicted octanol–water partition coefficient (Wildman–Crippen LogP) is -0.530. The van der Waals surface area contributed by atoms with E-state index in [1.807, 2.05) is 6.92 Å². The van der Waals surface area contributed by atoms with Crippen LogP contribution in [-0.4, -0.2) is 18.5 Å². The molecule has 3 nitrogen and oxygen atoms in total. The minimum atomic E-state index is 0.0694. The van der Waals surface area contributed by atoms with Crippen molar-refractivity contribution >= 4 is 5.91 Å². The number of amides is 1. The molecule has 0 aliphatic carbocycles. The van der Waals surface area contributed by atoms with Crippen LogP contribution in [0.5, 0.6) is 0 Å².